The molecule has 0 saturated carbocycles. The van der Waals surface area contributed by atoms with Crippen LogP contribution in [0.3, 0.4) is 0 Å². The SMILES string of the molecule is CC(C)NC=O.COc1cccc(OCC(O)CNC(C)C)c1. The van der Waals surface area contributed by atoms with Crippen molar-refractivity contribution in [3.8, 4) is 11.5 Å². The first-order valence-electron chi connectivity index (χ1n) is 7.77. The van der Waals surface area contributed by atoms with Gasteiger partial charge in [0.25, 0.3) is 0 Å². The molecule has 0 fully saturated rings. The number of amides is 1. The van der Waals surface area contributed by atoms with E-state index in [0.29, 0.717) is 24.7 Å². The monoisotopic (exact) mass is 326 g/mol. The molecular formula is C17H30N2O4. The van der Waals surface area contributed by atoms with Gasteiger partial charge in [0.15, 0.2) is 0 Å². The highest BCUT2D eigenvalue weighted by Crippen LogP contribution is 2.18. The second kappa shape index (κ2) is 12.7. The molecule has 0 radical (unpaired) electrons. The van der Waals surface area contributed by atoms with Crippen LogP contribution in [0.5, 0.6) is 11.5 Å². The average molecular weight is 326 g/mol. The Morgan fingerprint density at radius 3 is 2.30 bits per heavy atom. The third-order valence-electron chi connectivity index (χ3n) is 2.65. The Kier molecular flexibility index (Phi) is 11.7. The highest BCUT2D eigenvalue weighted by molar-refractivity contribution is 5.46. The Morgan fingerprint density at radius 2 is 1.83 bits per heavy atom. The van der Waals surface area contributed by atoms with Gasteiger partial charge >= 0.3 is 0 Å². The molecule has 0 aromatic heterocycles. The van der Waals surface area contributed by atoms with Crippen LogP contribution < -0.4 is 20.1 Å². The van der Waals surface area contributed by atoms with Crippen LogP contribution in [-0.4, -0.2) is 50.0 Å². The molecule has 6 nitrogen and oxygen atoms in total. The lowest BCUT2D eigenvalue weighted by Crippen LogP contribution is -2.35. The topological polar surface area (TPSA) is 79.8 Å². The minimum Gasteiger partial charge on any atom is -0.497 e. The first kappa shape index (κ1) is 21.2. The molecule has 1 atom stereocenters. The first-order valence-corrected chi connectivity index (χ1v) is 7.77. The Labute approximate surface area is 139 Å². The number of ether oxygens (including phenoxy) is 2. The van der Waals surface area contributed by atoms with E-state index in [2.05, 4.69) is 10.6 Å². The predicted octanol–water partition coefficient (Wildman–Crippen LogP) is 1.57. The van der Waals surface area contributed by atoms with E-state index >= 15 is 0 Å². The van der Waals surface area contributed by atoms with Gasteiger partial charge in [-0.25, -0.2) is 0 Å². The number of carbonyl (C=O) groups is 1. The number of methoxy groups -OCH3 is 1. The maximum absolute atomic E-state index is 9.67. The number of carbonyl (C=O) groups excluding carboxylic acids is 1. The van der Waals surface area contributed by atoms with Crippen molar-refractivity contribution in [2.24, 2.45) is 0 Å². The standard InChI is InChI=1S/C13H21NO3.C4H9NO/c1-10(2)14-8-11(15)9-17-13-6-4-5-12(7-13)16-3;1-4(2)5-3-6/h4-7,10-11,14-15H,8-9H2,1-3H3;3-4H,1-2H3,(H,5,6). The van der Waals surface area contributed by atoms with Crippen molar-refractivity contribution in [1.82, 2.24) is 10.6 Å². The molecule has 23 heavy (non-hydrogen) atoms. The van der Waals surface area contributed by atoms with Gasteiger partial charge in [0.1, 0.15) is 24.2 Å². The molecule has 0 heterocycles. The summed E-state index contributed by atoms with van der Waals surface area (Å²) in [6, 6.07) is 7.98. The van der Waals surface area contributed by atoms with Crippen molar-refractivity contribution < 1.29 is 19.4 Å². The molecule has 0 aliphatic heterocycles. The lowest BCUT2D eigenvalue weighted by molar-refractivity contribution is -0.109. The summed E-state index contributed by atoms with van der Waals surface area (Å²) in [5.74, 6) is 1.45. The molecule has 0 aliphatic carbocycles. The van der Waals surface area contributed by atoms with Crippen LogP contribution in [0.25, 0.3) is 0 Å². The predicted molar refractivity (Wildman–Crippen MR) is 92.0 cm³/mol. The fourth-order valence-corrected chi connectivity index (χ4v) is 1.45. The molecule has 1 amide bonds. The van der Waals surface area contributed by atoms with Crippen LogP contribution in [0.1, 0.15) is 27.7 Å². The summed E-state index contributed by atoms with van der Waals surface area (Å²) in [5, 5.41) is 15.3. The van der Waals surface area contributed by atoms with Gasteiger partial charge in [0.2, 0.25) is 6.41 Å². The summed E-state index contributed by atoms with van der Waals surface area (Å²) in [6.45, 7) is 8.70. The van der Waals surface area contributed by atoms with E-state index in [-0.39, 0.29) is 12.6 Å². The smallest absolute Gasteiger partial charge is 0.207 e. The van der Waals surface area contributed by atoms with E-state index in [4.69, 9.17) is 9.47 Å². The normalized spacial score (nSPS) is 11.5. The van der Waals surface area contributed by atoms with Gasteiger partial charge in [-0.2, -0.15) is 0 Å². The molecule has 1 aromatic carbocycles. The molecule has 3 N–H and O–H groups in total. The summed E-state index contributed by atoms with van der Waals surface area (Å²) in [6.07, 6.45) is 0.189. The van der Waals surface area contributed by atoms with Crippen molar-refractivity contribution >= 4 is 6.41 Å². The summed E-state index contributed by atoms with van der Waals surface area (Å²) >= 11 is 0. The molecule has 1 unspecified atom stereocenters. The molecule has 1 rings (SSSR count). The second-order valence-electron chi connectivity index (χ2n) is 5.65. The van der Waals surface area contributed by atoms with Gasteiger partial charge in [0.05, 0.1) is 7.11 Å². The first-order chi connectivity index (χ1) is 10.9. The van der Waals surface area contributed by atoms with Crippen LogP contribution in [0.2, 0.25) is 0 Å². The molecule has 1 aromatic rings. The number of aliphatic hydroxyl groups is 1. The van der Waals surface area contributed by atoms with E-state index in [1.807, 2.05) is 45.9 Å². The zero-order valence-corrected chi connectivity index (χ0v) is 14.7. The summed E-state index contributed by atoms with van der Waals surface area (Å²) in [5.41, 5.74) is 0. The molecule has 0 bridgehead atoms. The van der Waals surface area contributed by atoms with Gasteiger partial charge in [0, 0.05) is 24.7 Å². The Bertz CT molecular complexity index is 425. The van der Waals surface area contributed by atoms with Gasteiger partial charge < -0.3 is 25.2 Å². The van der Waals surface area contributed by atoms with Crippen molar-refractivity contribution in [2.45, 2.75) is 45.9 Å². The van der Waals surface area contributed by atoms with Gasteiger partial charge in [-0.05, 0) is 26.0 Å². The number of aliphatic hydroxyl groups excluding tert-OH is 1. The molecule has 0 saturated heterocycles. The van der Waals surface area contributed by atoms with Gasteiger partial charge in [-0.15, -0.1) is 0 Å². The van der Waals surface area contributed by atoms with Crippen molar-refractivity contribution in [3.63, 3.8) is 0 Å². The number of hydrogen-bond acceptors (Lipinski definition) is 5. The zero-order valence-electron chi connectivity index (χ0n) is 14.7. The third-order valence-corrected chi connectivity index (χ3v) is 2.65. The Hall–Kier alpha value is -1.79. The molecular weight excluding hydrogens is 296 g/mol. The van der Waals surface area contributed by atoms with Crippen molar-refractivity contribution in [2.75, 3.05) is 20.3 Å². The van der Waals surface area contributed by atoms with Gasteiger partial charge in [-0.3, -0.25) is 4.79 Å². The van der Waals surface area contributed by atoms with Crippen LogP contribution >= 0.6 is 0 Å². The number of rotatable bonds is 9. The van der Waals surface area contributed by atoms with Crippen LogP contribution in [0.15, 0.2) is 24.3 Å². The number of benzene rings is 1. The lowest BCUT2D eigenvalue weighted by atomic mass is 10.3. The van der Waals surface area contributed by atoms with E-state index in [0.717, 1.165) is 5.75 Å². The zero-order chi connectivity index (χ0) is 17.7. The molecule has 0 spiro atoms. The Morgan fingerprint density at radius 1 is 1.17 bits per heavy atom. The highest BCUT2D eigenvalue weighted by Gasteiger charge is 2.06. The average Bonchev–Trinajstić information content (AvgIpc) is 2.51. The fraction of sp³-hybridized carbons (Fsp3) is 0.588. The fourth-order valence-electron chi connectivity index (χ4n) is 1.45. The molecule has 6 heteroatoms. The Balaban J connectivity index is 0.000000688. The number of nitrogens with one attached hydrogen (secondary N) is 2. The van der Waals surface area contributed by atoms with Crippen LogP contribution in [0, 0.1) is 0 Å². The highest BCUT2D eigenvalue weighted by atomic mass is 16.5. The van der Waals surface area contributed by atoms with Crippen LogP contribution in [0.4, 0.5) is 0 Å². The van der Waals surface area contributed by atoms with E-state index in [9.17, 15) is 9.90 Å². The summed E-state index contributed by atoms with van der Waals surface area (Å²) in [4.78, 5) is 9.50. The van der Waals surface area contributed by atoms with Crippen LogP contribution in [-0.2, 0) is 4.79 Å². The largest absolute Gasteiger partial charge is 0.497 e. The maximum atomic E-state index is 9.67. The van der Waals surface area contributed by atoms with E-state index in [1.165, 1.54) is 0 Å². The lowest BCUT2D eigenvalue weighted by Gasteiger charge is -2.15. The third kappa shape index (κ3) is 12.4. The van der Waals surface area contributed by atoms with E-state index < -0.39 is 6.10 Å². The minimum absolute atomic E-state index is 0.271. The summed E-state index contributed by atoms with van der Waals surface area (Å²) < 4.78 is 10.6. The second-order valence-corrected chi connectivity index (χ2v) is 5.65. The summed E-state index contributed by atoms with van der Waals surface area (Å²) in [7, 11) is 1.61. The van der Waals surface area contributed by atoms with E-state index in [1.54, 1.807) is 13.2 Å². The maximum Gasteiger partial charge on any atom is 0.207 e. The minimum atomic E-state index is -0.511. The molecule has 132 valence electrons. The molecule has 0 aliphatic rings. The van der Waals surface area contributed by atoms with Crippen molar-refractivity contribution in [3.05, 3.63) is 24.3 Å². The number of hydrogen-bond donors (Lipinski definition) is 3. The quantitative estimate of drug-likeness (QED) is 0.600. The van der Waals surface area contributed by atoms with Crippen molar-refractivity contribution in [1.29, 1.82) is 0 Å². The van der Waals surface area contributed by atoms with Gasteiger partial charge in [-0.1, -0.05) is 19.9 Å².